The van der Waals surface area contributed by atoms with Crippen LogP contribution in [0.4, 0.5) is 5.69 Å². The van der Waals surface area contributed by atoms with Crippen molar-refractivity contribution < 1.29 is 9.90 Å². The fourth-order valence-corrected chi connectivity index (χ4v) is 2.56. The fraction of sp³-hybridized carbons (Fsp3) is 0. The third kappa shape index (κ3) is 5.10. The highest BCUT2D eigenvalue weighted by molar-refractivity contribution is 14.1. The lowest BCUT2D eigenvalue weighted by Gasteiger charge is -2.12. The van der Waals surface area contributed by atoms with Crippen molar-refractivity contribution in [3.63, 3.8) is 0 Å². The number of nitrogens with one attached hydrogen (secondary N) is 3. The number of carbonyl (C=O) groups excluding carboxylic acids is 1. The first-order chi connectivity index (χ1) is 10.9. The Morgan fingerprint density at radius 3 is 2.48 bits per heavy atom. The monoisotopic (exact) mass is 481 g/mol. The Bertz CT molecular complexity index is 774. The zero-order valence-corrected chi connectivity index (χ0v) is 15.8. The molecule has 0 aliphatic heterocycles. The number of halogens is 3. The summed E-state index contributed by atoms with van der Waals surface area (Å²) in [6.45, 7) is 0. The lowest BCUT2D eigenvalue weighted by molar-refractivity contribution is 0.0941. The van der Waals surface area contributed by atoms with Crippen LogP contribution in [0.2, 0.25) is 10.0 Å². The second-order valence-corrected chi connectivity index (χ2v) is 6.79. The van der Waals surface area contributed by atoms with Gasteiger partial charge in [-0.25, -0.2) is 0 Å². The normalized spacial score (nSPS) is 10.0. The molecule has 2 rings (SSSR count). The van der Waals surface area contributed by atoms with E-state index in [1.807, 2.05) is 22.6 Å². The molecule has 23 heavy (non-hydrogen) atoms. The van der Waals surface area contributed by atoms with E-state index in [0.717, 1.165) is 3.57 Å². The summed E-state index contributed by atoms with van der Waals surface area (Å²) in [4.78, 5) is 12.0. The van der Waals surface area contributed by atoms with E-state index in [1.165, 1.54) is 12.1 Å². The zero-order chi connectivity index (χ0) is 17.0. The number of rotatable bonds is 2. The molecule has 0 spiro atoms. The Hall–Kier alpha value is -1.29. The molecule has 0 heterocycles. The van der Waals surface area contributed by atoms with Crippen LogP contribution in [-0.2, 0) is 0 Å². The molecule has 0 aliphatic carbocycles. The van der Waals surface area contributed by atoms with Gasteiger partial charge in [0.1, 0.15) is 5.75 Å². The van der Waals surface area contributed by atoms with Gasteiger partial charge in [-0.1, -0.05) is 23.2 Å². The van der Waals surface area contributed by atoms with Crippen molar-refractivity contribution in [3.05, 3.63) is 55.6 Å². The van der Waals surface area contributed by atoms with Crippen LogP contribution in [0.5, 0.6) is 5.75 Å². The molecule has 4 N–H and O–H groups in total. The number of benzene rings is 2. The van der Waals surface area contributed by atoms with E-state index in [9.17, 15) is 9.90 Å². The van der Waals surface area contributed by atoms with Crippen LogP contribution < -0.4 is 16.2 Å². The third-order valence-corrected chi connectivity index (χ3v) is 4.29. The zero-order valence-electron chi connectivity index (χ0n) is 11.4. The first-order valence-corrected chi connectivity index (χ1v) is 8.42. The van der Waals surface area contributed by atoms with Gasteiger partial charge >= 0.3 is 0 Å². The Balaban J connectivity index is 1.93. The van der Waals surface area contributed by atoms with Gasteiger partial charge in [-0.2, -0.15) is 0 Å². The smallest absolute Gasteiger partial charge is 0.273 e. The molecule has 2 aromatic carbocycles. The van der Waals surface area contributed by atoms with E-state index < -0.39 is 5.91 Å². The molecule has 0 fully saturated rings. The van der Waals surface area contributed by atoms with Gasteiger partial charge < -0.3 is 10.4 Å². The molecule has 0 saturated carbocycles. The van der Waals surface area contributed by atoms with Crippen molar-refractivity contribution in [2.75, 3.05) is 5.32 Å². The highest BCUT2D eigenvalue weighted by Crippen LogP contribution is 2.25. The van der Waals surface area contributed by atoms with Gasteiger partial charge in [-0.3, -0.25) is 15.6 Å². The van der Waals surface area contributed by atoms with Crippen LogP contribution >= 0.6 is 58.0 Å². The van der Waals surface area contributed by atoms with Crippen LogP contribution in [0.15, 0.2) is 36.4 Å². The van der Waals surface area contributed by atoms with E-state index in [4.69, 9.17) is 35.4 Å². The van der Waals surface area contributed by atoms with Gasteiger partial charge in [0.2, 0.25) is 0 Å². The largest absolute Gasteiger partial charge is 0.507 e. The Labute approximate surface area is 161 Å². The number of hydrogen-bond acceptors (Lipinski definition) is 3. The summed E-state index contributed by atoms with van der Waals surface area (Å²) in [7, 11) is 0. The van der Waals surface area contributed by atoms with E-state index in [-0.39, 0.29) is 16.4 Å². The van der Waals surface area contributed by atoms with Gasteiger partial charge in [0.15, 0.2) is 5.11 Å². The van der Waals surface area contributed by atoms with Crippen LogP contribution in [0.1, 0.15) is 10.4 Å². The number of anilines is 1. The molecule has 120 valence electrons. The molecule has 9 heteroatoms. The maximum absolute atomic E-state index is 12.0. The molecular weight excluding hydrogens is 472 g/mol. The Morgan fingerprint density at radius 1 is 1.09 bits per heavy atom. The summed E-state index contributed by atoms with van der Waals surface area (Å²) in [6.07, 6.45) is 0. The summed E-state index contributed by atoms with van der Waals surface area (Å²) in [5.41, 5.74) is 5.68. The van der Waals surface area contributed by atoms with Crippen molar-refractivity contribution in [1.29, 1.82) is 0 Å². The third-order valence-electron chi connectivity index (χ3n) is 2.67. The summed E-state index contributed by atoms with van der Waals surface area (Å²) in [5, 5.41) is 13.6. The summed E-state index contributed by atoms with van der Waals surface area (Å²) < 4.78 is 0.821. The van der Waals surface area contributed by atoms with Crippen molar-refractivity contribution in [2.45, 2.75) is 0 Å². The average Bonchev–Trinajstić information content (AvgIpc) is 2.48. The predicted molar refractivity (Wildman–Crippen MR) is 104 cm³/mol. The van der Waals surface area contributed by atoms with Crippen LogP contribution in [0.3, 0.4) is 0 Å². The molecule has 5 nitrogen and oxygen atoms in total. The first kappa shape index (κ1) is 18.1. The fourth-order valence-electron chi connectivity index (χ4n) is 1.61. The van der Waals surface area contributed by atoms with Gasteiger partial charge in [0.25, 0.3) is 5.91 Å². The minimum Gasteiger partial charge on any atom is -0.507 e. The topological polar surface area (TPSA) is 73.4 Å². The van der Waals surface area contributed by atoms with E-state index >= 15 is 0 Å². The second-order valence-electron chi connectivity index (χ2n) is 4.32. The summed E-state index contributed by atoms with van der Waals surface area (Å²) in [6, 6.07) is 9.63. The van der Waals surface area contributed by atoms with Gasteiger partial charge in [-0.15, -0.1) is 0 Å². The van der Waals surface area contributed by atoms with E-state index in [1.54, 1.807) is 24.3 Å². The first-order valence-electron chi connectivity index (χ1n) is 6.17. The molecular formula is C14H10Cl2IN3O2S. The maximum Gasteiger partial charge on any atom is 0.273 e. The lowest BCUT2D eigenvalue weighted by atomic mass is 10.2. The Kier molecular flexibility index (Phi) is 6.28. The number of aromatic hydroxyl groups is 1. The lowest BCUT2D eigenvalue weighted by Crippen LogP contribution is -2.43. The van der Waals surface area contributed by atoms with Gasteiger partial charge in [-0.05, 0) is 71.2 Å². The molecule has 0 bridgehead atoms. The van der Waals surface area contributed by atoms with Crippen LogP contribution in [0, 0.1) is 3.57 Å². The molecule has 1 amide bonds. The number of phenolic OH excluding ortho intramolecular Hbond substituents is 1. The number of carbonyl (C=O) groups is 1. The molecule has 0 unspecified atom stereocenters. The number of amides is 1. The van der Waals surface area contributed by atoms with Gasteiger partial charge in [0.05, 0.1) is 15.6 Å². The SMILES string of the molecule is O=C(NNC(=S)Nc1ccc(Cl)c(Cl)c1)c1ccc(I)cc1O. The average molecular weight is 482 g/mol. The molecule has 0 aliphatic rings. The second kappa shape index (κ2) is 8.00. The summed E-state index contributed by atoms with van der Waals surface area (Å²) >= 11 is 18.8. The van der Waals surface area contributed by atoms with Crippen LogP contribution in [-0.4, -0.2) is 16.1 Å². The summed E-state index contributed by atoms with van der Waals surface area (Å²) in [5.74, 6) is -0.628. The van der Waals surface area contributed by atoms with E-state index in [0.29, 0.717) is 15.7 Å². The molecule has 0 radical (unpaired) electrons. The van der Waals surface area contributed by atoms with Crippen molar-refractivity contribution in [2.24, 2.45) is 0 Å². The number of phenols is 1. The van der Waals surface area contributed by atoms with E-state index in [2.05, 4.69) is 16.2 Å². The highest BCUT2D eigenvalue weighted by Gasteiger charge is 2.11. The van der Waals surface area contributed by atoms with Crippen molar-refractivity contribution >= 4 is 74.7 Å². The molecule has 0 saturated heterocycles. The van der Waals surface area contributed by atoms with Crippen molar-refractivity contribution in [3.8, 4) is 5.75 Å². The highest BCUT2D eigenvalue weighted by atomic mass is 127. The predicted octanol–water partition coefficient (Wildman–Crippen LogP) is 3.94. The molecule has 0 atom stereocenters. The minimum absolute atomic E-state index is 0.112. The Morgan fingerprint density at radius 2 is 1.83 bits per heavy atom. The standard InChI is InChI=1S/C14H10Cl2IN3O2S/c15-10-4-2-8(6-11(10)16)18-14(23)20-19-13(22)9-3-1-7(17)5-12(9)21/h1-6,21H,(H,19,22)(H2,18,20,23). The van der Waals surface area contributed by atoms with Gasteiger partial charge in [0, 0.05) is 9.26 Å². The van der Waals surface area contributed by atoms with Crippen molar-refractivity contribution in [1.82, 2.24) is 10.9 Å². The molecule has 2 aromatic rings. The minimum atomic E-state index is -0.516. The van der Waals surface area contributed by atoms with Crippen LogP contribution in [0.25, 0.3) is 0 Å². The quantitative estimate of drug-likeness (QED) is 0.297. The molecule has 0 aromatic heterocycles. The number of hydrazine groups is 1. The maximum atomic E-state index is 12.0. The number of thiocarbonyl (C=S) groups is 1. The number of hydrogen-bond donors (Lipinski definition) is 4.